The molecule has 1 aromatic carbocycles. The lowest BCUT2D eigenvalue weighted by Crippen LogP contribution is -2.43. The molecule has 2 amide bonds. The first-order valence-corrected chi connectivity index (χ1v) is 15.5. The third kappa shape index (κ3) is 9.24. The summed E-state index contributed by atoms with van der Waals surface area (Å²) in [4.78, 5) is 40.4. The van der Waals surface area contributed by atoms with E-state index < -0.39 is 17.3 Å². The van der Waals surface area contributed by atoms with Gasteiger partial charge >= 0.3 is 0 Å². The number of hydrogen-bond donors (Lipinski definition) is 1. The molecule has 0 fully saturated rings. The summed E-state index contributed by atoms with van der Waals surface area (Å²) >= 11 is 0. The molecule has 2 unspecified atom stereocenters. The predicted octanol–water partition coefficient (Wildman–Crippen LogP) is 7.14. The number of carbonyl (C=O) groups excluding carboxylic acids is 2. The van der Waals surface area contributed by atoms with Gasteiger partial charge in [-0.1, -0.05) is 66.2 Å². The quantitative estimate of drug-likeness (QED) is 0.207. The van der Waals surface area contributed by atoms with E-state index in [-0.39, 0.29) is 22.7 Å². The number of amides is 2. The van der Waals surface area contributed by atoms with Crippen LogP contribution in [0.4, 0.5) is 11.4 Å². The zero-order chi connectivity index (χ0) is 32.1. The molecule has 1 aromatic heterocycles. The maximum absolute atomic E-state index is 13.8. The number of unbranched alkanes of at least 4 members (excludes halogenated alkanes) is 2. The van der Waals surface area contributed by atoms with Gasteiger partial charge in [-0.3, -0.25) is 14.4 Å². The molecule has 234 valence electrons. The average molecular weight is 593 g/mol. The van der Waals surface area contributed by atoms with E-state index in [1.165, 1.54) is 20.9 Å². The SMILES string of the molecule is CCCCC(CC)CN(CC(CC)CCCC)C(=O)c1ccc(/N=N/c2c(C)c(C#N)c(=O)n(N(C)C(C)=O)c2O)cc1. The highest BCUT2D eigenvalue weighted by molar-refractivity contribution is 5.94. The minimum Gasteiger partial charge on any atom is -0.492 e. The number of nitrogens with zero attached hydrogens (tertiary/aromatic N) is 6. The summed E-state index contributed by atoms with van der Waals surface area (Å²) in [6.45, 7) is 13.0. The first-order chi connectivity index (χ1) is 20.5. The van der Waals surface area contributed by atoms with E-state index in [0.717, 1.165) is 69.5 Å². The highest BCUT2D eigenvalue weighted by Crippen LogP contribution is 2.32. The largest absolute Gasteiger partial charge is 0.492 e. The molecule has 0 saturated heterocycles. The van der Waals surface area contributed by atoms with Gasteiger partial charge in [-0.05, 0) is 55.9 Å². The van der Waals surface area contributed by atoms with Crippen molar-refractivity contribution in [2.75, 3.05) is 25.1 Å². The van der Waals surface area contributed by atoms with E-state index in [9.17, 15) is 24.8 Å². The zero-order valence-electron chi connectivity index (χ0n) is 26.9. The molecule has 2 aromatic rings. The smallest absolute Gasteiger partial charge is 0.290 e. The summed E-state index contributed by atoms with van der Waals surface area (Å²) < 4.78 is 0.701. The van der Waals surface area contributed by atoms with Crippen LogP contribution in [0.2, 0.25) is 0 Å². The van der Waals surface area contributed by atoms with E-state index in [4.69, 9.17) is 0 Å². The molecule has 10 heteroatoms. The van der Waals surface area contributed by atoms with Crippen molar-refractivity contribution in [1.29, 1.82) is 5.26 Å². The highest BCUT2D eigenvalue weighted by Gasteiger charge is 2.24. The minimum atomic E-state index is -0.832. The number of benzene rings is 1. The number of rotatable bonds is 16. The van der Waals surface area contributed by atoms with Gasteiger partial charge in [0.1, 0.15) is 11.6 Å². The zero-order valence-corrected chi connectivity index (χ0v) is 26.9. The van der Waals surface area contributed by atoms with Crippen molar-refractivity contribution >= 4 is 23.2 Å². The van der Waals surface area contributed by atoms with Crippen LogP contribution in [-0.4, -0.2) is 46.6 Å². The Balaban J connectivity index is 2.39. The summed E-state index contributed by atoms with van der Waals surface area (Å²) in [6.07, 6.45) is 8.86. The van der Waals surface area contributed by atoms with E-state index in [1.807, 2.05) is 11.0 Å². The number of nitriles is 1. The monoisotopic (exact) mass is 592 g/mol. The lowest BCUT2D eigenvalue weighted by molar-refractivity contribution is -0.117. The van der Waals surface area contributed by atoms with Gasteiger partial charge in [-0.2, -0.15) is 15.1 Å². The van der Waals surface area contributed by atoms with Crippen molar-refractivity contribution in [1.82, 2.24) is 9.58 Å². The molecule has 0 spiro atoms. The number of pyridine rings is 1. The highest BCUT2D eigenvalue weighted by atomic mass is 16.3. The molecule has 1 N–H and O–H groups in total. The number of aromatic hydroxyl groups is 1. The van der Waals surface area contributed by atoms with Gasteiger partial charge in [0, 0.05) is 38.2 Å². The standard InChI is InChI=1S/C33H48N6O4/c1-8-12-14-25(10-3)21-38(22-26(11-4)15-13-9-2)31(41)27-16-18-28(19-17-27)35-36-30-23(5)29(20-34)32(42)39(33(30)43)37(7)24(6)40/h16-19,25-26,43H,8-15,21-22H2,1-7H3/b36-35+. The van der Waals surface area contributed by atoms with E-state index in [1.54, 1.807) is 24.3 Å². The van der Waals surface area contributed by atoms with Gasteiger partial charge in [-0.15, -0.1) is 5.11 Å². The molecule has 2 rings (SSSR count). The van der Waals surface area contributed by atoms with Gasteiger partial charge in [0.05, 0.1) is 5.69 Å². The average Bonchev–Trinajstić information content (AvgIpc) is 3.00. The van der Waals surface area contributed by atoms with Crippen molar-refractivity contribution in [2.45, 2.75) is 92.9 Å². The van der Waals surface area contributed by atoms with Crippen LogP contribution in [0.1, 0.15) is 107 Å². The second-order valence-electron chi connectivity index (χ2n) is 11.2. The lowest BCUT2D eigenvalue weighted by atomic mass is 9.95. The van der Waals surface area contributed by atoms with Crippen molar-refractivity contribution in [3.8, 4) is 11.9 Å². The van der Waals surface area contributed by atoms with Crippen molar-refractivity contribution in [3.05, 3.63) is 51.3 Å². The molecule has 0 aliphatic carbocycles. The van der Waals surface area contributed by atoms with Crippen LogP contribution in [0.3, 0.4) is 0 Å². The van der Waals surface area contributed by atoms with Crippen LogP contribution < -0.4 is 10.6 Å². The summed E-state index contributed by atoms with van der Waals surface area (Å²) in [7, 11) is 1.30. The van der Waals surface area contributed by atoms with Gasteiger partial charge in [0.25, 0.3) is 11.5 Å². The molecule has 0 aliphatic heterocycles. The predicted molar refractivity (Wildman–Crippen MR) is 170 cm³/mol. The van der Waals surface area contributed by atoms with Gasteiger partial charge in [0.15, 0.2) is 5.69 Å². The Morgan fingerprint density at radius 1 is 0.977 bits per heavy atom. The Hall–Kier alpha value is -4.00. The maximum Gasteiger partial charge on any atom is 0.290 e. The summed E-state index contributed by atoms with van der Waals surface area (Å²) in [5, 5.41) is 29.6. The molecule has 43 heavy (non-hydrogen) atoms. The van der Waals surface area contributed by atoms with Crippen molar-refractivity contribution in [3.63, 3.8) is 0 Å². The minimum absolute atomic E-state index is 0.000108. The number of hydrogen-bond acceptors (Lipinski definition) is 7. The van der Waals surface area contributed by atoms with Crippen molar-refractivity contribution < 1.29 is 14.7 Å². The van der Waals surface area contributed by atoms with Crippen molar-refractivity contribution in [2.24, 2.45) is 22.1 Å². The second kappa shape index (κ2) is 17.2. The van der Waals surface area contributed by atoms with E-state index in [0.29, 0.717) is 27.8 Å². The molecule has 0 saturated carbocycles. The summed E-state index contributed by atoms with van der Waals surface area (Å²) in [5.74, 6) is -0.207. The molecule has 10 nitrogen and oxygen atoms in total. The van der Waals surface area contributed by atoms with Crippen LogP contribution >= 0.6 is 0 Å². The molecular weight excluding hydrogens is 544 g/mol. The third-order valence-corrected chi connectivity index (χ3v) is 8.13. The number of azo groups is 1. The Morgan fingerprint density at radius 3 is 1.95 bits per heavy atom. The topological polar surface area (TPSA) is 131 Å². The fourth-order valence-corrected chi connectivity index (χ4v) is 5.08. The van der Waals surface area contributed by atoms with E-state index in [2.05, 4.69) is 37.9 Å². The Kier molecular flexibility index (Phi) is 14.1. The first-order valence-electron chi connectivity index (χ1n) is 15.5. The van der Waals surface area contributed by atoms with Gasteiger partial charge in [-0.25, -0.2) is 5.01 Å². The van der Waals surface area contributed by atoms with Crippen LogP contribution in [-0.2, 0) is 4.79 Å². The Morgan fingerprint density at radius 2 is 1.51 bits per heavy atom. The van der Waals surface area contributed by atoms with Crippen LogP contribution in [0.5, 0.6) is 5.88 Å². The lowest BCUT2D eigenvalue weighted by Gasteiger charge is -2.31. The van der Waals surface area contributed by atoms with Crippen LogP contribution in [0, 0.1) is 30.1 Å². The maximum atomic E-state index is 13.8. The summed E-state index contributed by atoms with van der Waals surface area (Å²) in [5.41, 5.74) is -0.0625. The fraction of sp³-hybridized carbons (Fsp3) is 0.576. The van der Waals surface area contributed by atoms with E-state index >= 15 is 0 Å². The first kappa shape index (κ1) is 35.2. The Bertz CT molecular complexity index is 1340. The molecular formula is C33H48N6O4. The molecule has 0 aliphatic rings. The molecule has 1 heterocycles. The molecule has 0 bridgehead atoms. The number of aromatic nitrogens is 1. The fourth-order valence-electron chi connectivity index (χ4n) is 5.08. The Labute approximate surface area is 256 Å². The van der Waals surface area contributed by atoms with Gasteiger partial charge in [0.2, 0.25) is 11.8 Å². The number of carbonyl (C=O) groups is 2. The normalized spacial score (nSPS) is 12.6. The third-order valence-electron chi connectivity index (χ3n) is 8.13. The molecule has 2 atom stereocenters. The van der Waals surface area contributed by atoms with Crippen LogP contribution in [0.25, 0.3) is 0 Å². The van der Waals surface area contributed by atoms with Crippen LogP contribution in [0.15, 0.2) is 39.3 Å². The summed E-state index contributed by atoms with van der Waals surface area (Å²) in [6, 6.07) is 8.62. The second-order valence-corrected chi connectivity index (χ2v) is 11.2. The molecule has 0 radical (unpaired) electrons. The van der Waals surface area contributed by atoms with Gasteiger partial charge < -0.3 is 10.0 Å².